The Morgan fingerprint density at radius 1 is 1.05 bits per heavy atom. The lowest BCUT2D eigenvalue weighted by Crippen LogP contribution is -2.24. The average molecular weight is 269 g/mol. The minimum absolute atomic E-state index is 0.502. The Kier molecular flexibility index (Phi) is 5.47. The molecule has 3 nitrogen and oxygen atoms in total. The van der Waals surface area contributed by atoms with Crippen LogP contribution in [0.15, 0.2) is 54.6 Å². The predicted octanol–water partition coefficient (Wildman–Crippen LogP) is 2.36. The van der Waals surface area contributed by atoms with Gasteiger partial charge in [0, 0.05) is 12.1 Å². The number of hydrogen-bond donors (Lipinski definition) is 2. The number of hydrogen-bond acceptors (Lipinski definition) is 3. The molecule has 0 aliphatic rings. The van der Waals surface area contributed by atoms with Crippen molar-refractivity contribution in [3.8, 4) is 0 Å². The van der Waals surface area contributed by atoms with Crippen LogP contribution in [-0.4, -0.2) is 24.5 Å². The highest BCUT2D eigenvalue weighted by Gasteiger charge is 2.06. The van der Waals surface area contributed by atoms with Crippen LogP contribution in [0.4, 0.5) is 0 Å². The monoisotopic (exact) mass is 269 g/mol. The molecule has 1 atom stereocenters. The first-order chi connectivity index (χ1) is 9.81. The van der Waals surface area contributed by atoms with Crippen LogP contribution >= 0.6 is 0 Å². The summed E-state index contributed by atoms with van der Waals surface area (Å²) < 4.78 is 0. The van der Waals surface area contributed by atoms with Crippen LogP contribution < -0.4 is 5.32 Å². The topological polar surface area (TPSA) is 49.3 Å². The summed E-state index contributed by atoms with van der Waals surface area (Å²) in [5, 5.41) is 13.2. The Bertz CT molecular complexity index is 540. The number of carbonyl (C=O) groups is 1. The maximum absolute atomic E-state index is 10.9. The summed E-state index contributed by atoms with van der Waals surface area (Å²) in [4.78, 5) is 10.9. The van der Waals surface area contributed by atoms with Gasteiger partial charge in [-0.05, 0) is 24.1 Å². The number of benzene rings is 2. The lowest BCUT2D eigenvalue weighted by molar-refractivity contribution is 0.112. The summed E-state index contributed by atoms with van der Waals surface area (Å²) in [7, 11) is 0. The molecule has 2 aromatic carbocycles. The van der Waals surface area contributed by atoms with Crippen LogP contribution in [-0.2, 0) is 6.42 Å². The van der Waals surface area contributed by atoms with E-state index in [0.29, 0.717) is 6.54 Å². The molecule has 0 aliphatic heterocycles. The van der Waals surface area contributed by atoms with Gasteiger partial charge in [-0.1, -0.05) is 54.6 Å². The maximum atomic E-state index is 10.9. The average Bonchev–Trinajstić information content (AvgIpc) is 2.52. The summed E-state index contributed by atoms with van der Waals surface area (Å²) in [5.41, 5.74) is 2.68. The van der Waals surface area contributed by atoms with E-state index in [0.717, 1.165) is 35.9 Å². The molecule has 0 heterocycles. The van der Waals surface area contributed by atoms with Crippen LogP contribution in [0.3, 0.4) is 0 Å². The van der Waals surface area contributed by atoms with E-state index in [9.17, 15) is 9.90 Å². The zero-order valence-corrected chi connectivity index (χ0v) is 11.3. The van der Waals surface area contributed by atoms with Gasteiger partial charge < -0.3 is 10.4 Å². The van der Waals surface area contributed by atoms with Crippen LogP contribution in [0.25, 0.3) is 0 Å². The molecular formula is C17H19NO2. The van der Waals surface area contributed by atoms with E-state index >= 15 is 0 Å². The van der Waals surface area contributed by atoms with Gasteiger partial charge in [-0.2, -0.15) is 0 Å². The first-order valence-electron chi connectivity index (χ1n) is 6.78. The molecule has 2 rings (SSSR count). The molecule has 0 aromatic heterocycles. The molecule has 2 aromatic rings. The number of nitrogens with one attached hydrogen (secondary N) is 1. The molecule has 0 saturated carbocycles. The van der Waals surface area contributed by atoms with Crippen molar-refractivity contribution in [1.29, 1.82) is 0 Å². The normalized spacial score (nSPS) is 12.1. The van der Waals surface area contributed by atoms with Crippen molar-refractivity contribution in [3.63, 3.8) is 0 Å². The maximum Gasteiger partial charge on any atom is 0.150 e. The zero-order valence-electron chi connectivity index (χ0n) is 11.3. The smallest absolute Gasteiger partial charge is 0.150 e. The van der Waals surface area contributed by atoms with Gasteiger partial charge in [-0.25, -0.2) is 0 Å². The van der Waals surface area contributed by atoms with Crippen molar-refractivity contribution in [3.05, 3.63) is 71.3 Å². The number of aliphatic hydroxyl groups is 1. The second-order valence-electron chi connectivity index (χ2n) is 4.70. The number of aliphatic hydroxyl groups excluding tert-OH is 1. The quantitative estimate of drug-likeness (QED) is 0.599. The third-order valence-electron chi connectivity index (χ3n) is 3.28. The van der Waals surface area contributed by atoms with Crippen LogP contribution in [0.2, 0.25) is 0 Å². The lowest BCUT2D eigenvalue weighted by atomic mass is 10.1. The Morgan fingerprint density at radius 3 is 2.50 bits per heavy atom. The summed E-state index contributed by atoms with van der Waals surface area (Å²) >= 11 is 0. The van der Waals surface area contributed by atoms with Crippen molar-refractivity contribution in [2.75, 3.05) is 13.1 Å². The summed E-state index contributed by atoms with van der Waals surface area (Å²) in [5.74, 6) is 0. The predicted molar refractivity (Wildman–Crippen MR) is 79.8 cm³/mol. The van der Waals surface area contributed by atoms with Gasteiger partial charge in [0.05, 0.1) is 6.10 Å². The van der Waals surface area contributed by atoms with Crippen molar-refractivity contribution in [2.24, 2.45) is 0 Å². The molecule has 0 radical (unpaired) electrons. The molecule has 0 spiro atoms. The standard InChI is InChI=1S/C17H19NO2/c19-13-16-9-5-4-6-14(16)10-11-18-12-17(20)15-7-2-1-3-8-15/h1-9,13,17-18,20H,10-12H2/t17-/m0/s1. The van der Waals surface area contributed by atoms with E-state index in [-0.39, 0.29) is 0 Å². The highest BCUT2D eigenvalue weighted by atomic mass is 16.3. The second-order valence-corrected chi connectivity index (χ2v) is 4.70. The minimum atomic E-state index is -0.502. The first-order valence-corrected chi connectivity index (χ1v) is 6.78. The number of rotatable bonds is 7. The molecule has 0 bridgehead atoms. The van der Waals surface area contributed by atoms with Crippen molar-refractivity contribution < 1.29 is 9.90 Å². The summed E-state index contributed by atoms with van der Waals surface area (Å²) in [6.07, 6.45) is 1.16. The fourth-order valence-electron chi connectivity index (χ4n) is 2.13. The Morgan fingerprint density at radius 2 is 1.75 bits per heavy atom. The van der Waals surface area contributed by atoms with E-state index < -0.39 is 6.10 Å². The molecule has 3 heteroatoms. The van der Waals surface area contributed by atoms with Crippen molar-refractivity contribution in [2.45, 2.75) is 12.5 Å². The molecule has 0 saturated heterocycles. The van der Waals surface area contributed by atoms with Crippen molar-refractivity contribution >= 4 is 6.29 Å². The Balaban J connectivity index is 1.78. The highest BCUT2D eigenvalue weighted by Crippen LogP contribution is 2.11. The van der Waals surface area contributed by atoms with Crippen molar-refractivity contribution in [1.82, 2.24) is 5.32 Å². The minimum Gasteiger partial charge on any atom is -0.387 e. The number of aldehydes is 1. The Hall–Kier alpha value is -1.97. The molecule has 0 fully saturated rings. The third-order valence-corrected chi connectivity index (χ3v) is 3.28. The SMILES string of the molecule is O=Cc1ccccc1CCNC[C@H](O)c1ccccc1. The fourth-order valence-corrected chi connectivity index (χ4v) is 2.13. The third kappa shape index (κ3) is 4.02. The molecular weight excluding hydrogens is 250 g/mol. The molecule has 0 aliphatic carbocycles. The fraction of sp³-hybridized carbons (Fsp3) is 0.235. The van der Waals surface area contributed by atoms with Gasteiger partial charge >= 0.3 is 0 Å². The number of carbonyl (C=O) groups excluding carboxylic acids is 1. The Labute approximate surface area is 119 Å². The van der Waals surface area contributed by atoms with Crippen LogP contribution in [0, 0.1) is 0 Å². The molecule has 0 unspecified atom stereocenters. The first kappa shape index (κ1) is 14.4. The van der Waals surface area contributed by atoms with Gasteiger partial charge in [0.25, 0.3) is 0 Å². The van der Waals surface area contributed by atoms with Crippen LogP contribution in [0.5, 0.6) is 0 Å². The summed E-state index contributed by atoms with van der Waals surface area (Å²) in [6, 6.07) is 17.2. The van der Waals surface area contributed by atoms with Gasteiger partial charge in [0.1, 0.15) is 6.29 Å². The van der Waals surface area contributed by atoms with E-state index in [4.69, 9.17) is 0 Å². The van der Waals surface area contributed by atoms with Gasteiger partial charge in [-0.3, -0.25) is 4.79 Å². The highest BCUT2D eigenvalue weighted by molar-refractivity contribution is 5.77. The lowest BCUT2D eigenvalue weighted by Gasteiger charge is -2.12. The van der Waals surface area contributed by atoms with E-state index in [1.807, 2.05) is 54.6 Å². The molecule has 2 N–H and O–H groups in total. The van der Waals surface area contributed by atoms with Gasteiger partial charge in [0.2, 0.25) is 0 Å². The van der Waals surface area contributed by atoms with Crippen LogP contribution in [0.1, 0.15) is 27.6 Å². The largest absolute Gasteiger partial charge is 0.387 e. The van der Waals surface area contributed by atoms with Gasteiger partial charge in [-0.15, -0.1) is 0 Å². The summed E-state index contributed by atoms with van der Waals surface area (Å²) in [6.45, 7) is 1.24. The van der Waals surface area contributed by atoms with E-state index in [2.05, 4.69) is 5.32 Å². The molecule has 0 amide bonds. The molecule has 104 valence electrons. The zero-order chi connectivity index (χ0) is 14.2. The van der Waals surface area contributed by atoms with E-state index in [1.54, 1.807) is 0 Å². The van der Waals surface area contributed by atoms with Gasteiger partial charge in [0.15, 0.2) is 0 Å². The molecule has 20 heavy (non-hydrogen) atoms. The van der Waals surface area contributed by atoms with E-state index in [1.165, 1.54) is 0 Å². The second kappa shape index (κ2) is 7.58.